The highest BCUT2D eigenvalue weighted by Gasteiger charge is 2.18. The van der Waals surface area contributed by atoms with Crippen molar-refractivity contribution in [3.63, 3.8) is 0 Å². The maximum atomic E-state index is 12.6. The van der Waals surface area contributed by atoms with Crippen molar-refractivity contribution < 1.29 is 4.79 Å². The summed E-state index contributed by atoms with van der Waals surface area (Å²) in [5.74, 6) is -0.203. The molecule has 0 fully saturated rings. The van der Waals surface area contributed by atoms with Crippen LogP contribution in [-0.2, 0) is 13.6 Å². The van der Waals surface area contributed by atoms with Crippen molar-refractivity contribution >= 4 is 34.8 Å². The summed E-state index contributed by atoms with van der Waals surface area (Å²) < 4.78 is 3.48. The third-order valence-electron chi connectivity index (χ3n) is 4.44. The van der Waals surface area contributed by atoms with E-state index in [-0.39, 0.29) is 5.91 Å². The van der Waals surface area contributed by atoms with E-state index >= 15 is 0 Å². The highest BCUT2D eigenvalue weighted by atomic mass is 35.5. The third-order valence-corrected chi connectivity index (χ3v) is 5.02. The van der Waals surface area contributed by atoms with E-state index in [1.807, 2.05) is 31.5 Å². The monoisotopic (exact) mass is 391 g/mol. The number of carbonyl (C=O) groups is 1. The molecule has 0 atom stereocenters. The summed E-state index contributed by atoms with van der Waals surface area (Å²) in [6.45, 7) is 6.12. The van der Waals surface area contributed by atoms with Gasteiger partial charge in [-0.25, -0.2) is 0 Å². The normalized spacial score (nSPS) is 11.0. The van der Waals surface area contributed by atoms with Crippen molar-refractivity contribution in [2.75, 3.05) is 5.32 Å². The first kappa shape index (κ1) is 18.5. The van der Waals surface area contributed by atoms with Gasteiger partial charge in [0.15, 0.2) is 0 Å². The molecular formula is C18H19Cl2N5O. The number of aryl methyl sites for hydroxylation is 2. The Hall–Kier alpha value is -2.31. The third kappa shape index (κ3) is 3.48. The van der Waals surface area contributed by atoms with Gasteiger partial charge in [-0.05, 0) is 38.5 Å². The van der Waals surface area contributed by atoms with Gasteiger partial charge in [0.1, 0.15) is 0 Å². The van der Waals surface area contributed by atoms with Gasteiger partial charge in [-0.15, -0.1) is 0 Å². The van der Waals surface area contributed by atoms with Crippen LogP contribution in [0.3, 0.4) is 0 Å². The van der Waals surface area contributed by atoms with Gasteiger partial charge in [0.25, 0.3) is 5.91 Å². The molecule has 1 aromatic carbocycles. The Morgan fingerprint density at radius 1 is 1.19 bits per heavy atom. The lowest BCUT2D eigenvalue weighted by Crippen LogP contribution is -2.14. The second-order valence-corrected chi connectivity index (χ2v) is 7.00. The molecule has 0 spiro atoms. The summed E-state index contributed by atoms with van der Waals surface area (Å²) in [4.78, 5) is 12.6. The number of anilines is 1. The van der Waals surface area contributed by atoms with Gasteiger partial charge in [0, 0.05) is 22.8 Å². The summed E-state index contributed by atoms with van der Waals surface area (Å²) in [6.07, 6.45) is 1.56. The number of hydrogen-bond donors (Lipinski definition) is 1. The van der Waals surface area contributed by atoms with Crippen LogP contribution in [0, 0.1) is 20.8 Å². The number of nitrogens with zero attached hydrogens (tertiary/aromatic N) is 4. The summed E-state index contributed by atoms with van der Waals surface area (Å²) in [5.41, 5.74) is 4.54. The number of aromatic nitrogens is 4. The average Bonchev–Trinajstić information content (AvgIpc) is 3.04. The molecule has 0 aliphatic heterocycles. The van der Waals surface area contributed by atoms with Gasteiger partial charge in [-0.1, -0.05) is 29.3 Å². The smallest absolute Gasteiger partial charge is 0.259 e. The fourth-order valence-electron chi connectivity index (χ4n) is 2.75. The van der Waals surface area contributed by atoms with Crippen LogP contribution in [0.15, 0.2) is 24.4 Å². The average molecular weight is 392 g/mol. The molecule has 0 aliphatic carbocycles. The van der Waals surface area contributed by atoms with Crippen LogP contribution < -0.4 is 5.32 Å². The maximum Gasteiger partial charge on any atom is 0.259 e. The number of amides is 1. The molecule has 0 bridgehead atoms. The number of carbonyl (C=O) groups excluding carboxylic acids is 1. The molecule has 0 aliphatic rings. The van der Waals surface area contributed by atoms with E-state index in [1.165, 1.54) is 0 Å². The number of hydrogen-bond acceptors (Lipinski definition) is 3. The van der Waals surface area contributed by atoms with Gasteiger partial charge in [-0.3, -0.25) is 14.2 Å². The predicted octanol–water partition coefficient (Wildman–Crippen LogP) is 4.15. The van der Waals surface area contributed by atoms with E-state index in [0.29, 0.717) is 27.8 Å². The topological polar surface area (TPSA) is 64.7 Å². The molecule has 1 N–H and O–H groups in total. The van der Waals surface area contributed by atoms with Crippen molar-refractivity contribution in [2.45, 2.75) is 27.3 Å². The zero-order valence-electron chi connectivity index (χ0n) is 15.0. The van der Waals surface area contributed by atoms with Crippen LogP contribution in [0.25, 0.3) is 0 Å². The molecule has 136 valence electrons. The molecule has 0 radical (unpaired) electrons. The lowest BCUT2D eigenvalue weighted by atomic mass is 10.2. The van der Waals surface area contributed by atoms with Crippen LogP contribution >= 0.6 is 23.2 Å². The Bertz CT molecular complexity index is 990. The van der Waals surface area contributed by atoms with Gasteiger partial charge >= 0.3 is 0 Å². The second kappa shape index (κ2) is 7.13. The molecule has 0 saturated carbocycles. The first-order valence-electron chi connectivity index (χ1n) is 8.05. The first-order chi connectivity index (χ1) is 12.3. The highest BCUT2D eigenvalue weighted by molar-refractivity contribution is 6.35. The van der Waals surface area contributed by atoms with E-state index in [0.717, 1.165) is 22.6 Å². The van der Waals surface area contributed by atoms with Crippen LogP contribution in [0.1, 0.15) is 33.0 Å². The number of benzene rings is 1. The summed E-state index contributed by atoms with van der Waals surface area (Å²) in [7, 11) is 1.80. The molecule has 2 aromatic heterocycles. The largest absolute Gasteiger partial charge is 0.319 e. The first-order valence-corrected chi connectivity index (χ1v) is 8.81. The lowest BCUT2D eigenvalue weighted by molar-refractivity contribution is 0.102. The summed E-state index contributed by atoms with van der Waals surface area (Å²) >= 11 is 12.2. The molecule has 0 saturated heterocycles. The van der Waals surface area contributed by atoms with Gasteiger partial charge in [0.05, 0.1) is 35.4 Å². The SMILES string of the molecule is Cc1nn(Cc2ccc(Cl)cc2Cl)c(C)c1NC(=O)c1cnn(C)c1C. The highest BCUT2D eigenvalue weighted by Crippen LogP contribution is 2.25. The fourth-order valence-corrected chi connectivity index (χ4v) is 3.21. The number of rotatable bonds is 4. The van der Waals surface area contributed by atoms with Crippen LogP contribution in [-0.4, -0.2) is 25.5 Å². The van der Waals surface area contributed by atoms with Crippen molar-refractivity contribution in [3.05, 3.63) is 62.6 Å². The molecule has 6 nitrogen and oxygen atoms in total. The van der Waals surface area contributed by atoms with Crippen LogP contribution in [0.2, 0.25) is 10.0 Å². The minimum Gasteiger partial charge on any atom is -0.319 e. The molecule has 26 heavy (non-hydrogen) atoms. The predicted molar refractivity (Wildman–Crippen MR) is 103 cm³/mol. The Kier molecular flexibility index (Phi) is 5.07. The van der Waals surface area contributed by atoms with E-state index in [2.05, 4.69) is 15.5 Å². The van der Waals surface area contributed by atoms with Crippen molar-refractivity contribution in [1.29, 1.82) is 0 Å². The van der Waals surface area contributed by atoms with Gasteiger partial charge < -0.3 is 5.32 Å². The minimum absolute atomic E-state index is 0.203. The quantitative estimate of drug-likeness (QED) is 0.726. The Balaban J connectivity index is 1.86. The Morgan fingerprint density at radius 2 is 1.92 bits per heavy atom. The van der Waals surface area contributed by atoms with Gasteiger partial charge in [-0.2, -0.15) is 10.2 Å². The van der Waals surface area contributed by atoms with Crippen molar-refractivity contribution in [3.8, 4) is 0 Å². The van der Waals surface area contributed by atoms with E-state index < -0.39 is 0 Å². The molecular weight excluding hydrogens is 373 g/mol. The molecule has 0 unspecified atom stereocenters. The van der Waals surface area contributed by atoms with E-state index in [9.17, 15) is 4.79 Å². The molecule has 2 heterocycles. The Morgan fingerprint density at radius 3 is 2.54 bits per heavy atom. The molecule has 3 rings (SSSR count). The summed E-state index contributed by atoms with van der Waals surface area (Å²) in [6, 6.07) is 5.37. The molecule has 3 aromatic rings. The zero-order chi connectivity index (χ0) is 19.0. The van der Waals surface area contributed by atoms with E-state index in [4.69, 9.17) is 23.2 Å². The van der Waals surface area contributed by atoms with Crippen LogP contribution in [0.5, 0.6) is 0 Å². The summed E-state index contributed by atoms with van der Waals surface area (Å²) in [5, 5.41) is 12.8. The maximum absolute atomic E-state index is 12.6. The molecule has 8 heteroatoms. The van der Waals surface area contributed by atoms with Crippen LogP contribution in [0.4, 0.5) is 5.69 Å². The number of nitrogens with one attached hydrogen (secondary N) is 1. The van der Waals surface area contributed by atoms with E-state index in [1.54, 1.807) is 30.1 Å². The Labute approximate surface area is 161 Å². The number of halogens is 2. The second-order valence-electron chi connectivity index (χ2n) is 6.16. The molecule has 1 amide bonds. The zero-order valence-corrected chi connectivity index (χ0v) is 16.5. The lowest BCUT2D eigenvalue weighted by Gasteiger charge is -2.09. The van der Waals surface area contributed by atoms with Crippen molar-refractivity contribution in [2.24, 2.45) is 7.05 Å². The fraction of sp³-hybridized carbons (Fsp3) is 0.278. The van der Waals surface area contributed by atoms with Crippen molar-refractivity contribution in [1.82, 2.24) is 19.6 Å². The van der Waals surface area contributed by atoms with Gasteiger partial charge in [0.2, 0.25) is 0 Å². The minimum atomic E-state index is -0.203. The standard InChI is InChI=1S/C18H19Cl2N5O/c1-10-17(22-18(26)15-8-21-24(4)11(15)2)12(3)25(23-10)9-13-5-6-14(19)7-16(13)20/h5-8H,9H2,1-4H3,(H,22,26).